The van der Waals surface area contributed by atoms with Crippen LogP contribution in [0.5, 0.6) is 5.75 Å². The zero-order valence-electron chi connectivity index (χ0n) is 9.72. The maximum atomic E-state index is 8.96. The lowest BCUT2D eigenvalue weighted by atomic mass is 10.2. The van der Waals surface area contributed by atoms with Crippen LogP contribution in [-0.4, -0.2) is 24.3 Å². The molecule has 1 aliphatic carbocycles. The van der Waals surface area contributed by atoms with Crippen LogP contribution in [0.1, 0.15) is 24.8 Å². The number of methoxy groups -OCH3 is 1. The van der Waals surface area contributed by atoms with Gasteiger partial charge < -0.3 is 15.2 Å². The van der Waals surface area contributed by atoms with Gasteiger partial charge in [0.25, 0.3) is 0 Å². The van der Waals surface area contributed by atoms with Crippen molar-refractivity contribution in [1.29, 1.82) is 5.26 Å². The van der Waals surface area contributed by atoms with Gasteiger partial charge in [0.2, 0.25) is 0 Å². The van der Waals surface area contributed by atoms with Gasteiger partial charge in [-0.3, -0.25) is 0 Å². The lowest BCUT2D eigenvalue weighted by molar-refractivity contribution is 0.0227. The highest BCUT2D eigenvalue weighted by Crippen LogP contribution is 2.28. The van der Waals surface area contributed by atoms with Gasteiger partial charge in [0.1, 0.15) is 29.3 Å². The Labute approximate surface area is 100 Å². The standard InChI is InChI=1S/C12H15N3O2/c1-16-9-3-2-4-10(9)17-11-5-12(14)15-7-8(11)6-13/h5,7,9-10H,2-4H2,1H3,(H2,14,15)/t9-,10-/m1/s1. The van der Waals surface area contributed by atoms with Crippen LogP contribution in [0.4, 0.5) is 5.82 Å². The number of nitrogen functional groups attached to an aromatic ring is 1. The first-order chi connectivity index (χ1) is 8.24. The summed E-state index contributed by atoms with van der Waals surface area (Å²) in [6, 6.07) is 3.63. The monoisotopic (exact) mass is 233 g/mol. The molecular weight excluding hydrogens is 218 g/mol. The number of hydrogen-bond donors (Lipinski definition) is 1. The lowest BCUT2D eigenvalue weighted by Gasteiger charge is -2.20. The van der Waals surface area contributed by atoms with Crippen LogP contribution < -0.4 is 10.5 Å². The van der Waals surface area contributed by atoms with Crippen molar-refractivity contribution in [2.45, 2.75) is 31.5 Å². The van der Waals surface area contributed by atoms with Crippen LogP contribution >= 0.6 is 0 Å². The van der Waals surface area contributed by atoms with Crippen molar-refractivity contribution in [2.75, 3.05) is 12.8 Å². The summed E-state index contributed by atoms with van der Waals surface area (Å²) >= 11 is 0. The molecule has 1 heterocycles. The van der Waals surface area contributed by atoms with Gasteiger partial charge in [-0.2, -0.15) is 5.26 Å². The van der Waals surface area contributed by atoms with Gasteiger partial charge in [0, 0.05) is 13.2 Å². The van der Waals surface area contributed by atoms with Gasteiger partial charge in [-0.25, -0.2) is 4.98 Å². The van der Waals surface area contributed by atoms with E-state index in [-0.39, 0.29) is 12.2 Å². The summed E-state index contributed by atoms with van der Waals surface area (Å²) in [7, 11) is 1.68. The van der Waals surface area contributed by atoms with E-state index in [1.165, 1.54) is 6.20 Å². The number of aromatic nitrogens is 1. The molecule has 0 aromatic carbocycles. The van der Waals surface area contributed by atoms with Crippen molar-refractivity contribution in [3.63, 3.8) is 0 Å². The first-order valence-corrected chi connectivity index (χ1v) is 5.59. The summed E-state index contributed by atoms with van der Waals surface area (Å²) in [6.07, 6.45) is 4.52. The number of hydrogen-bond acceptors (Lipinski definition) is 5. The Balaban J connectivity index is 2.18. The Bertz CT molecular complexity index is 442. The molecule has 2 N–H and O–H groups in total. The van der Waals surface area contributed by atoms with Crippen molar-refractivity contribution in [3.8, 4) is 11.8 Å². The molecule has 1 fully saturated rings. The maximum absolute atomic E-state index is 8.96. The largest absolute Gasteiger partial charge is 0.486 e. The average molecular weight is 233 g/mol. The highest BCUT2D eigenvalue weighted by Gasteiger charge is 2.29. The van der Waals surface area contributed by atoms with Gasteiger partial charge in [-0.05, 0) is 19.3 Å². The van der Waals surface area contributed by atoms with Crippen LogP contribution in [0.25, 0.3) is 0 Å². The fourth-order valence-corrected chi connectivity index (χ4v) is 2.09. The van der Waals surface area contributed by atoms with E-state index >= 15 is 0 Å². The molecule has 0 radical (unpaired) electrons. The zero-order chi connectivity index (χ0) is 12.3. The molecule has 1 aliphatic rings. The third-order valence-corrected chi connectivity index (χ3v) is 2.98. The fraction of sp³-hybridized carbons (Fsp3) is 0.500. The predicted octanol–water partition coefficient (Wildman–Crippen LogP) is 1.48. The molecule has 0 bridgehead atoms. The van der Waals surface area contributed by atoms with E-state index in [1.807, 2.05) is 6.07 Å². The summed E-state index contributed by atoms with van der Waals surface area (Å²) in [4.78, 5) is 3.87. The van der Waals surface area contributed by atoms with Crippen LogP contribution in [0.3, 0.4) is 0 Å². The molecule has 1 aromatic rings. The number of nitrogens with zero attached hydrogens (tertiary/aromatic N) is 2. The molecule has 0 unspecified atom stereocenters. The Morgan fingerprint density at radius 2 is 2.24 bits per heavy atom. The highest BCUT2D eigenvalue weighted by molar-refractivity contribution is 5.47. The van der Waals surface area contributed by atoms with E-state index in [2.05, 4.69) is 4.98 Å². The predicted molar refractivity (Wildman–Crippen MR) is 62.4 cm³/mol. The Morgan fingerprint density at radius 1 is 1.47 bits per heavy atom. The minimum absolute atomic E-state index is 0.00565. The van der Waals surface area contributed by atoms with Gasteiger partial charge in [-0.1, -0.05) is 0 Å². The average Bonchev–Trinajstić information content (AvgIpc) is 2.77. The summed E-state index contributed by atoms with van der Waals surface area (Å²) in [5, 5.41) is 8.96. The second kappa shape index (κ2) is 5.02. The second-order valence-electron chi connectivity index (χ2n) is 4.08. The number of ether oxygens (including phenoxy) is 2. The summed E-state index contributed by atoms with van der Waals surface area (Å²) in [6.45, 7) is 0. The molecule has 5 heteroatoms. The molecule has 17 heavy (non-hydrogen) atoms. The van der Waals surface area contributed by atoms with Crippen LogP contribution in [0.15, 0.2) is 12.3 Å². The van der Waals surface area contributed by atoms with Crippen LogP contribution in [0.2, 0.25) is 0 Å². The van der Waals surface area contributed by atoms with E-state index < -0.39 is 0 Å². The van der Waals surface area contributed by atoms with E-state index in [0.29, 0.717) is 17.1 Å². The minimum atomic E-state index is -0.00565. The smallest absolute Gasteiger partial charge is 0.142 e. The number of anilines is 1. The molecule has 0 spiro atoms. The van der Waals surface area contributed by atoms with Crippen LogP contribution in [0, 0.1) is 11.3 Å². The number of nitrogens with two attached hydrogens (primary N) is 1. The molecular formula is C12H15N3O2. The minimum Gasteiger partial charge on any atom is -0.486 e. The van der Waals surface area contributed by atoms with Gasteiger partial charge in [0.05, 0.1) is 12.3 Å². The number of pyridine rings is 1. The first kappa shape index (κ1) is 11.7. The normalized spacial score (nSPS) is 23.3. The van der Waals surface area contributed by atoms with Crippen molar-refractivity contribution < 1.29 is 9.47 Å². The SMILES string of the molecule is CO[C@@H]1CCC[C@H]1Oc1cc(N)ncc1C#N. The van der Waals surface area contributed by atoms with E-state index in [0.717, 1.165) is 19.3 Å². The topological polar surface area (TPSA) is 81.2 Å². The molecule has 1 aromatic heterocycles. The maximum Gasteiger partial charge on any atom is 0.142 e. The molecule has 0 amide bonds. The fourth-order valence-electron chi connectivity index (χ4n) is 2.09. The highest BCUT2D eigenvalue weighted by atomic mass is 16.5. The summed E-state index contributed by atoms with van der Waals surface area (Å²) in [5.74, 6) is 0.847. The molecule has 2 atom stereocenters. The quantitative estimate of drug-likeness (QED) is 0.855. The molecule has 0 saturated heterocycles. The number of rotatable bonds is 3. The van der Waals surface area contributed by atoms with E-state index in [1.54, 1.807) is 13.2 Å². The third kappa shape index (κ3) is 2.48. The Hall–Kier alpha value is -1.80. The molecule has 2 rings (SSSR count). The van der Waals surface area contributed by atoms with Gasteiger partial charge in [-0.15, -0.1) is 0 Å². The molecule has 5 nitrogen and oxygen atoms in total. The van der Waals surface area contributed by atoms with Crippen molar-refractivity contribution >= 4 is 5.82 Å². The summed E-state index contributed by atoms with van der Waals surface area (Å²) in [5.41, 5.74) is 6.00. The molecule has 1 saturated carbocycles. The van der Waals surface area contributed by atoms with E-state index in [9.17, 15) is 0 Å². The van der Waals surface area contributed by atoms with Crippen molar-refractivity contribution in [3.05, 3.63) is 17.8 Å². The van der Waals surface area contributed by atoms with Crippen molar-refractivity contribution in [1.82, 2.24) is 4.98 Å². The van der Waals surface area contributed by atoms with Gasteiger partial charge >= 0.3 is 0 Å². The number of nitriles is 1. The Kier molecular flexibility index (Phi) is 3.45. The summed E-state index contributed by atoms with van der Waals surface area (Å²) < 4.78 is 11.2. The van der Waals surface area contributed by atoms with Crippen LogP contribution in [-0.2, 0) is 4.74 Å². The first-order valence-electron chi connectivity index (χ1n) is 5.59. The molecule has 0 aliphatic heterocycles. The van der Waals surface area contributed by atoms with Gasteiger partial charge in [0.15, 0.2) is 0 Å². The van der Waals surface area contributed by atoms with Crippen molar-refractivity contribution in [2.24, 2.45) is 0 Å². The third-order valence-electron chi connectivity index (χ3n) is 2.98. The Morgan fingerprint density at radius 3 is 2.94 bits per heavy atom. The second-order valence-corrected chi connectivity index (χ2v) is 4.08. The molecule has 90 valence electrons. The zero-order valence-corrected chi connectivity index (χ0v) is 9.72. The lowest BCUT2D eigenvalue weighted by Crippen LogP contribution is -2.28. The van der Waals surface area contributed by atoms with E-state index in [4.69, 9.17) is 20.5 Å².